The molecule has 2 heteroatoms. The van der Waals surface area contributed by atoms with Gasteiger partial charge in [-0.2, -0.15) is 0 Å². The zero-order valence-electron chi connectivity index (χ0n) is 14.9. The van der Waals surface area contributed by atoms with Gasteiger partial charge in [-0.05, 0) is 77.1 Å². The molecule has 0 spiro atoms. The number of halogens is 1. The van der Waals surface area contributed by atoms with Gasteiger partial charge in [-0.1, -0.05) is 55.5 Å². The van der Waals surface area contributed by atoms with E-state index in [1.807, 2.05) is 18.2 Å². The van der Waals surface area contributed by atoms with Gasteiger partial charge in [0.2, 0.25) is 0 Å². The Hall–Kier alpha value is -2.61. The highest BCUT2D eigenvalue weighted by Gasteiger charge is 2.34. The summed E-state index contributed by atoms with van der Waals surface area (Å²) in [4.78, 5) is 0. The molecule has 0 saturated carbocycles. The summed E-state index contributed by atoms with van der Waals surface area (Å²) in [6.07, 6.45) is 1.84. The molecule has 26 heavy (non-hydrogen) atoms. The van der Waals surface area contributed by atoms with Crippen LogP contribution in [0.2, 0.25) is 0 Å². The lowest BCUT2D eigenvalue weighted by atomic mass is 9.66. The first-order valence-corrected chi connectivity index (χ1v) is 9.23. The number of aromatic hydroxyl groups is 1. The van der Waals surface area contributed by atoms with Crippen molar-refractivity contribution < 1.29 is 9.50 Å². The van der Waals surface area contributed by atoms with Gasteiger partial charge in [0.05, 0.1) is 0 Å². The smallest absolute Gasteiger partial charge is 0.123 e. The number of rotatable bonds is 3. The molecular weight excluding hydrogens is 323 g/mol. The van der Waals surface area contributed by atoms with E-state index in [9.17, 15) is 9.50 Å². The second-order valence-corrected chi connectivity index (χ2v) is 7.40. The number of hydrogen-bond donors (Lipinski definition) is 1. The van der Waals surface area contributed by atoms with Crippen LogP contribution in [0.3, 0.4) is 0 Å². The van der Waals surface area contributed by atoms with Crippen LogP contribution in [0.1, 0.15) is 41.0 Å². The molecule has 3 aromatic rings. The average molecular weight is 346 g/mol. The predicted molar refractivity (Wildman–Crippen MR) is 103 cm³/mol. The average Bonchev–Trinajstić information content (AvgIpc) is 2.65. The molecule has 132 valence electrons. The van der Waals surface area contributed by atoms with Crippen LogP contribution < -0.4 is 0 Å². The standard InChI is InChI=1S/C24H23FO/c1-16-23(18-9-11-21(26)12-10-18)15-19-6-2-3-8-22(19)24(16)14-17-5-4-7-20(25)13-17/h2-13,16,23-24,26H,14-15H2,1H3. The predicted octanol–water partition coefficient (Wildman–Crippen LogP) is 5.83. The van der Waals surface area contributed by atoms with Crippen molar-refractivity contribution in [3.63, 3.8) is 0 Å². The van der Waals surface area contributed by atoms with E-state index in [0.717, 1.165) is 18.4 Å². The fourth-order valence-corrected chi connectivity index (χ4v) is 4.42. The molecule has 0 heterocycles. The first-order chi connectivity index (χ1) is 12.6. The van der Waals surface area contributed by atoms with Crippen molar-refractivity contribution in [2.45, 2.75) is 31.6 Å². The molecule has 3 unspecified atom stereocenters. The van der Waals surface area contributed by atoms with Crippen molar-refractivity contribution in [1.29, 1.82) is 0 Å². The van der Waals surface area contributed by atoms with E-state index in [-0.39, 0.29) is 5.82 Å². The van der Waals surface area contributed by atoms with Gasteiger partial charge >= 0.3 is 0 Å². The van der Waals surface area contributed by atoms with Crippen LogP contribution >= 0.6 is 0 Å². The Morgan fingerprint density at radius 3 is 2.50 bits per heavy atom. The van der Waals surface area contributed by atoms with Crippen molar-refractivity contribution in [1.82, 2.24) is 0 Å². The summed E-state index contributed by atoms with van der Waals surface area (Å²) in [6.45, 7) is 2.30. The minimum Gasteiger partial charge on any atom is -0.508 e. The van der Waals surface area contributed by atoms with Gasteiger partial charge in [-0.25, -0.2) is 4.39 Å². The van der Waals surface area contributed by atoms with Crippen LogP contribution in [0.25, 0.3) is 0 Å². The second-order valence-electron chi connectivity index (χ2n) is 7.40. The molecule has 0 fully saturated rings. The van der Waals surface area contributed by atoms with Crippen LogP contribution in [-0.2, 0) is 12.8 Å². The maximum absolute atomic E-state index is 13.7. The molecule has 3 aromatic carbocycles. The normalized spacial score (nSPS) is 22.0. The molecule has 1 aliphatic rings. The summed E-state index contributed by atoms with van der Waals surface area (Å²) in [5.74, 6) is 1.30. The minimum atomic E-state index is -0.172. The van der Waals surface area contributed by atoms with Crippen molar-refractivity contribution >= 4 is 0 Å². The largest absolute Gasteiger partial charge is 0.508 e. The van der Waals surface area contributed by atoms with E-state index >= 15 is 0 Å². The summed E-state index contributed by atoms with van der Waals surface area (Å²) in [5.41, 5.74) is 5.07. The maximum atomic E-state index is 13.7. The highest BCUT2D eigenvalue weighted by molar-refractivity contribution is 5.40. The molecule has 1 aliphatic carbocycles. The van der Waals surface area contributed by atoms with Gasteiger partial charge in [0.15, 0.2) is 0 Å². The van der Waals surface area contributed by atoms with E-state index in [1.54, 1.807) is 24.3 Å². The van der Waals surface area contributed by atoms with Crippen molar-refractivity contribution in [3.8, 4) is 5.75 Å². The van der Waals surface area contributed by atoms with E-state index in [0.29, 0.717) is 23.5 Å². The number of phenolic OH excluding ortho intramolecular Hbond substituents is 1. The van der Waals surface area contributed by atoms with E-state index in [1.165, 1.54) is 22.8 Å². The van der Waals surface area contributed by atoms with Crippen LogP contribution in [0, 0.1) is 11.7 Å². The van der Waals surface area contributed by atoms with Crippen LogP contribution in [0.5, 0.6) is 5.75 Å². The Labute approximate surface area is 154 Å². The fourth-order valence-electron chi connectivity index (χ4n) is 4.42. The zero-order valence-corrected chi connectivity index (χ0v) is 14.9. The Kier molecular flexibility index (Phi) is 4.50. The van der Waals surface area contributed by atoms with Crippen LogP contribution in [0.4, 0.5) is 4.39 Å². The molecular formula is C24H23FO. The Bertz CT molecular complexity index is 900. The number of benzene rings is 3. The quantitative estimate of drug-likeness (QED) is 0.632. The van der Waals surface area contributed by atoms with Crippen LogP contribution in [0.15, 0.2) is 72.8 Å². The monoisotopic (exact) mass is 346 g/mol. The first-order valence-electron chi connectivity index (χ1n) is 9.23. The number of hydrogen-bond acceptors (Lipinski definition) is 1. The Morgan fingerprint density at radius 1 is 0.962 bits per heavy atom. The van der Waals surface area contributed by atoms with Gasteiger partial charge < -0.3 is 5.11 Å². The summed E-state index contributed by atoms with van der Waals surface area (Å²) in [7, 11) is 0. The molecule has 0 saturated heterocycles. The second kappa shape index (κ2) is 6.95. The Morgan fingerprint density at radius 2 is 1.73 bits per heavy atom. The lowest BCUT2D eigenvalue weighted by molar-refractivity contribution is 0.348. The molecule has 4 rings (SSSR count). The SMILES string of the molecule is CC1C(c2ccc(O)cc2)Cc2ccccc2C1Cc1cccc(F)c1. The summed E-state index contributed by atoms with van der Waals surface area (Å²) in [6, 6.07) is 23.2. The molecule has 3 atom stereocenters. The zero-order chi connectivity index (χ0) is 18.1. The van der Waals surface area contributed by atoms with Crippen molar-refractivity contribution in [2.24, 2.45) is 5.92 Å². The summed E-state index contributed by atoms with van der Waals surface area (Å²) in [5, 5.41) is 9.62. The van der Waals surface area contributed by atoms with Crippen molar-refractivity contribution in [3.05, 3.63) is 101 Å². The van der Waals surface area contributed by atoms with E-state index in [4.69, 9.17) is 0 Å². The third-order valence-corrected chi connectivity index (χ3v) is 5.83. The third kappa shape index (κ3) is 3.24. The van der Waals surface area contributed by atoms with E-state index < -0.39 is 0 Å². The molecule has 1 N–H and O–H groups in total. The molecule has 0 amide bonds. The van der Waals surface area contributed by atoms with Crippen LogP contribution in [-0.4, -0.2) is 5.11 Å². The minimum absolute atomic E-state index is 0.172. The molecule has 0 radical (unpaired) electrons. The topological polar surface area (TPSA) is 20.2 Å². The van der Waals surface area contributed by atoms with Gasteiger partial charge in [-0.3, -0.25) is 0 Å². The lowest BCUT2D eigenvalue weighted by Crippen LogP contribution is -2.27. The number of fused-ring (bicyclic) bond motifs is 1. The van der Waals surface area contributed by atoms with Gasteiger partial charge in [-0.15, -0.1) is 0 Å². The fraction of sp³-hybridized carbons (Fsp3) is 0.250. The lowest BCUT2D eigenvalue weighted by Gasteiger charge is -2.38. The highest BCUT2D eigenvalue weighted by Crippen LogP contribution is 2.45. The Balaban J connectivity index is 1.72. The van der Waals surface area contributed by atoms with E-state index in [2.05, 4.69) is 31.2 Å². The maximum Gasteiger partial charge on any atom is 0.123 e. The molecule has 0 aromatic heterocycles. The van der Waals surface area contributed by atoms with Gasteiger partial charge in [0.1, 0.15) is 11.6 Å². The highest BCUT2D eigenvalue weighted by atomic mass is 19.1. The number of phenols is 1. The molecule has 0 bridgehead atoms. The summed E-state index contributed by atoms with van der Waals surface area (Å²) < 4.78 is 13.7. The first kappa shape index (κ1) is 16.8. The molecule has 1 nitrogen and oxygen atoms in total. The van der Waals surface area contributed by atoms with Crippen molar-refractivity contribution in [2.75, 3.05) is 0 Å². The molecule has 0 aliphatic heterocycles. The summed E-state index contributed by atoms with van der Waals surface area (Å²) >= 11 is 0. The van der Waals surface area contributed by atoms with Gasteiger partial charge in [0, 0.05) is 0 Å². The third-order valence-electron chi connectivity index (χ3n) is 5.83. The van der Waals surface area contributed by atoms with Gasteiger partial charge in [0.25, 0.3) is 0 Å².